The smallest absolute Gasteiger partial charge is 0.211 e. The number of hydrogen-bond donors (Lipinski definition) is 0. The first-order chi connectivity index (χ1) is 13.7. The third kappa shape index (κ3) is 5.58. The zero-order valence-electron chi connectivity index (χ0n) is 18.6. The summed E-state index contributed by atoms with van der Waals surface area (Å²) in [6.07, 6.45) is 4.29. The molecule has 2 aliphatic heterocycles. The molecule has 0 N–H and O–H groups in total. The summed E-state index contributed by atoms with van der Waals surface area (Å²) in [5, 5.41) is 4.53. The molecule has 0 spiro atoms. The number of likely N-dealkylation sites (N-methyl/N-ethyl adjacent to an activating group) is 1. The summed E-state index contributed by atoms with van der Waals surface area (Å²) in [6.45, 7) is 9.81. The van der Waals surface area contributed by atoms with Crippen LogP contribution in [0.1, 0.15) is 36.2 Å². The second-order valence-corrected chi connectivity index (χ2v) is 10.6. The number of ether oxygens (including phenoxy) is 1. The minimum absolute atomic E-state index is 0.295. The van der Waals surface area contributed by atoms with Gasteiger partial charge in [0.25, 0.3) is 0 Å². The van der Waals surface area contributed by atoms with E-state index in [2.05, 4.69) is 35.8 Å². The molecule has 2 aliphatic rings. The minimum Gasteiger partial charge on any atom is -0.381 e. The lowest BCUT2D eigenvalue weighted by atomic mass is 10.0. The van der Waals surface area contributed by atoms with Crippen molar-refractivity contribution in [2.75, 3.05) is 52.7 Å². The van der Waals surface area contributed by atoms with Crippen molar-refractivity contribution in [3.63, 3.8) is 0 Å². The van der Waals surface area contributed by atoms with Crippen molar-refractivity contribution >= 4 is 10.0 Å². The van der Waals surface area contributed by atoms with Gasteiger partial charge in [-0.15, -0.1) is 0 Å². The van der Waals surface area contributed by atoms with Crippen molar-refractivity contribution in [1.82, 2.24) is 23.9 Å². The van der Waals surface area contributed by atoms with Crippen LogP contribution in [-0.2, 0) is 28.4 Å². The molecule has 0 radical (unpaired) electrons. The number of aromatic nitrogens is 2. The molecule has 0 aromatic carbocycles. The molecule has 3 heterocycles. The fourth-order valence-corrected chi connectivity index (χ4v) is 5.52. The Morgan fingerprint density at radius 1 is 1.14 bits per heavy atom. The molecule has 0 aliphatic carbocycles. The van der Waals surface area contributed by atoms with Gasteiger partial charge >= 0.3 is 0 Å². The Hall–Kier alpha value is -1.00. The van der Waals surface area contributed by atoms with Gasteiger partial charge in [-0.1, -0.05) is 0 Å². The van der Waals surface area contributed by atoms with Crippen LogP contribution in [0, 0.1) is 13.8 Å². The molecule has 166 valence electrons. The van der Waals surface area contributed by atoms with Crippen LogP contribution in [0.4, 0.5) is 0 Å². The second-order valence-electron chi connectivity index (χ2n) is 8.66. The minimum atomic E-state index is -3.12. The summed E-state index contributed by atoms with van der Waals surface area (Å²) in [6, 6.07) is 0.770. The normalized spacial score (nSPS) is 22.2. The molecule has 1 unspecified atom stereocenters. The molecular weight excluding hydrogens is 390 g/mol. The van der Waals surface area contributed by atoms with Gasteiger partial charge in [-0.25, -0.2) is 12.7 Å². The Bertz CT molecular complexity index is 788. The van der Waals surface area contributed by atoms with Gasteiger partial charge in [0.15, 0.2) is 0 Å². The maximum atomic E-state index is 12.0. The van der Waals surface area contributed by atoms with E-state index in [1.165, 1.54) is 17.5 Å². The van der Waals surface area contributed by atoms with Gasteiger partial charge in [-0.3, -0.25) is 9.58 Å². The van der Waals surface area contributed by atoms with E-state index in [0.29, 0.717) is 25.2 Å². The lowest BCUT2D eigenvalue weighted by molar-refractivity contribution is 0.0156. The zero-order valence-corrected chi connectivity index (χ0v) is 19.4. The summed E-state index contributed by atoms with van der Waals surface area (Å²) in [5.74, 6) is 0. The summed E-state index contributed by atoms with van der Waals surface area (Å²) in [5.41, 5.74) is 3.62. The van der Waals surface area contributed by atoms with Crippen molar-refractivity contribution in [3.8, 4) is 0 Å². The van der Waals surface area contributed by atoms with Crippen LogP contribution in [0.5, 0.6) is 0 Å². The number of rotatable bonds is 8. The van der Waals surface area contributed by atoms with Crippen molar-refractivity contribution < 1.29 is 13.2 Å². The van der Waals surface area contributed by atoms with Gasteiger partial charge in [-0.2, -0.15) is 5.10 Å². The van der Waals surface area contributed by atoms with Crippen molar-refractivity contribution in [2.45, 2.75) is 51.7 Å². The van der Waals surface area contributed by atoms with E-state index in [1.54, 1.807) is 4.31 Å². The van der Waals surface area contributed by atoms with E-state index < -0.39 is 10.0 Å². The van der Waals surface area contributed by atoms with E-state index in [-0.39, 0.29) is 0 Å². The predicted octanol–water partition coefficient (Wildman–Crippen LogP) is 0.984. The largest absolute Gasteiger partial charge is 0.381 e. The molecule has 0 bridgehead atoms. The molecule has 0 saturated carbocycles. The molecule has 2 saturated heterocycles. The van der Waals surface area contributed by atoms with Gasteiger partial charge in [0.05, 0.1) is 11.9 Å². The van der Waals surface area contributed by atoms with E-state index in [0.717, 1.165) is 57.8 Å². The first-order valence-electron chi connectivity index (χ1n) is 10.6. The Morgan fingerprint density at radius 3 is 2.38 bits per heavy atom. The van der Waals surface area contributed by atoms with Crippen LogP contribution in [0.15, 0.2) is 0 Å². The highest BCUT2D eigenvalue weighted by atomic mass is 32.2. The molecule has 2 fully saturated rings. The highest BCUT2D eigenvalue weighted by Crippen LogP contribution is 2.24. The van der Waals surface area contributed by atoms with E-state index in [4.69, 9.17) is 4.74 Å². The SMILES string of the molecule is Cc1nn(C)c(C)c1CN(C)CCN(C1CCOCC1)C1CCN(S(C)(=O)=O)C1. The average Bonchev–Trinajstić information content (AvgIpc) is 3.24. The topological polar surface area (TPSA) is 70.9 Å². The van der Waals surface area contributed by atoms with Crippen molar-refractivity contribution in [3.05, 3.63) is 17.0 Å². The Balaban J connectivity index is 1.64. The third-order valence-electron chi connectivity index (χ3n) is 6.55. The number of aryl methyl sites for hydroxylation is 2. The highest BCUT2D eigenvalue weighted by Gasteiger charge is 2.35. The summed E-state index contributed by atoms with van der Waals surface area (Å²) >= 11 is 0. The van der Waals surface area contributed by atoms with Crippen molar-refractivity contribution in [2.24, 2.45) is 7.05 Å². The lowest BCUT2D eigenvalue weighted by Crippen LogP contribution is -2.49. The molecular formula is C20H37N5O3S. The Morgan fingerprint density at radius 2 is 1.83 bits per heavy atom. The predicted molar refractivity (Wildman–Crippen MR) is 114 cm³/mol. The van der Waals surface area contributed by atoms with Crippen molar-refractivity contribution in [1.29, 1.82) is 0 Å². The quantitative estimate of drug-likeness (QED) is 0.616. The first kappa shape index (κ1) is 22.7. The molecule has 0 amide bonds. The van der Waals surface area contributed by atoms with E-state index >= 15 is 0 Å². The molecule has 1 aromatic rings. The summed E-state index contributed by atoms with van der Waals surface area (Å²) in [7, 11) is 1.03. The number of nitrogens with zero attached hydrogens (tertiary/aromatic N) is 5. The monoisotopic (exact) mass is 427 g/mol. The van der Waals surface area contributed by atoms with Crippen LogP contribution < -0.4 is 0 Å². The molecule has 8 nitrogen and oxygen atoms in total. The van der Waals surface area contributed by atoms with E-state index in [9.17, 15) is 8.42 Å². The van der Waals surface area contributed by atoms with Gasteiger partial charge in [0.1, 0.15) is 0 Å². The fraction of sp³-hybridized carbons (Fsp3) is 0.850. The van der Waals surface area contributed by atoms with Crippen LogP contribution in [0.3, 0.4) is 0 Å². The standard InChI is InChI=1S/C20H37N5O3S/c1-16-20(17(2)23(4)21-16)15-22(3)10-11-25(18-7-12-28-13-8-18)19-6-9-24(14-19)29(5,26)27/h18-19H,6-15H2,1-5H3. The molecule has 1 aromatic heterocycles. The van der Waals surface area contributed by atoms with Crippen LogP contribution in [0.2, 0.25) is 0 Å². The molecule has 9 heteroatoms. The second kappa shape index (κ2) is 9.43. The first-order valence-corrected chi connectivity index (χ1v) is 12.5. The summed E-state index contributed by atoms with van der Waals surface area (Å²) in [4.78, 5) is 4.92. The Kier molecular flexibility index (Phi) is 7.37. The Labute approximate surface area is 175 Å². The lowest BCUT2D eigenvalue weighted by Gasteiger charge is -2.39. The van der Waals surface area contributed by atoms with Crippen LogP contribution in [0.25, 0.3) is 0 Å². The molecule has 29 heavy (non-hydrogen) atoms. The maximum absolute atomic E-state index is 12.0. The van der Waals surface area contributed by atoms with Gasteiger partial charge in [-0.05, 0) is 40.2 Å². The zero-order chi connectivity index (χ0) is 21.2. The van der Waals surface area contributed by atoms with Gasteiger partial charge < -0.3 is 9.64 Å². The molecule has 3 rings (SSSR count). The summed E-state index contributed by atoms with van der Waals surface area (Å²) < 4.78 is 33.1. The number of hydrogen-bond acceptors (Lipinski definition) is 6. The van der Waals surface area contributed by atoms with Gasteiger partial charge in [0.2, 0.25) is 10.0 Å². The number of sulfonamides is 1. The third-order valence-corrected chi connectivity index (χ3v) is 7.82. The average molecular weight is 428 g/mol. The van der Waals surface area contributed by atoms with E-state index in [1.807, 2.05) is 11.7 Å². The highest BCUT2D eigenvalue weighted by molar-refractivity contribution is 7.88. The maximum Gasteiger partial charge on any atom is 0.211 e. The van der Waals surface area contributed by atoms with Crippen LogP contribution in [-0.4, -0.2) is 97.1 Å². The fourth-order valence-electron chi connectivity index (χ4n) is 4.64. The van der Waals surface area contributed by atoms with Crippen LogP contribution >= 0.6 is 0 Å². The van der Waals surface area contributed by atoms with Gasteiger partial charge in [0, 0.05) is 76.3 Å². The molecule has 1 atom stereocenters.